The van der Waals surface area contributed by atoms with E-state index in [4.69, 9.17) is 14.2 Å². The third kappa shape index (κ3) is 1.98. The van der Waals surface area contributed by atoms with Crippen LogP contribution >= 0.6 is 0 Å². The Labute approximate surface area is 185 Å². The molecule has 7 atom stereocenters. The highest BCUT2D eigenvalue weighted by molar-refractivity contribution is 5.63. The van der Waals surface area contributed by atoms with Gasteiger partial charge in [0.2, 0.25) is 0 Å². The number of benzene rings is 1. The lowest BCUT2D eigenvalue weighted by molar-refractivity contribution is -0.303. The van der Waals surface area contributed by atoms with Gasteiger partial charge >= 0.3 is 0 Å². The average Bonchev–Trinajstić information content (AvgIpc) is 3.09. The summed E-state index contributed by atoms with van der Waals surface area (Å²) >= 11 is 0. The van der Waals surface area contributed by atoms with Crippen LogP contribution in [0, 0.1) is 16.7 Å². The van der Waals surface area contributed by atoms with Gasteiger partial charge in [0.25, 0.3) is 0 Å². The summed E-state index contributed by atoms with van der Waals surface area (Å²) in [6, 6.07) is 4.73. The summed E-state index contributed by atoms with van der Waals surface area (Å²) < 4.78 is 19.3. The highest BCUT2D eigenvalue weighted by Crippen LogP contribution is 2.77. The molecule has 4 bridgehead atoms. The van der Waals surface area contributed by atoms with Gasteiger partial charge in [-0.25, -0.2) is 0 Å². The van der Waals surface area contributed by atoms with Crippen molar-refractivity contribution in [2.45, 2.75) is 88.6 Å². The van der Waals surface area contributed by atoms with Gasteiger partial charge < -0.3 is 24.6 Å². The lowest BCUT2D eigenvalue weighted by Crippen LogP contribution is -2.83. The molecule has 0 radical (unpaired) electrons. The quantitative estimate of drug-likeness (QED) is 0.772. The van der Waals surface area contributed by atoms with Gasteiger partial charge in [-0.15, -0.1) is 0 Å². The van der Waals surface area contributed by atoms with Crippen molar-refractivity contribution < 1.29 is 19.3 Å². The highest BCUT2D eigenvalue weighted by atomic mass is 16.6. The minimum atomic E-state index is -0.880. The molecular formula is C26H37NO4. The summed E-state index contributed by atoms with van der Waals surface area (Å²) in [7, 11) is 3.57. The van der Waals surface area contributed by atoms with Crippen molar-refractivity contribution in [3.8, 4) is 11.5 Å². The summed E-state index contributed by atoms with van der Waals surface area (Å²) in [5, 5.41) is 15.9. The first kappa shape index (κ1) is 20.3. The summed E-state index contributed by atoms with van der Waals surface area (Å²) in [4.78, 5) is 0. The molecule has 1 aromatic rings. The smallest absolute Gasteiger partial charge is 0.165 e. The van der Waals surface area contributed by atoms with Crippen LogP contribution in [-0.4, -0.2) is 49.2 Å². The highest BCUT2D eigenvalue weighted by Gasteiger charge is 2.81. The van der Waals surface area contributed by atoms with E-state index in [1.54, 1.807) is 7.11 Å². The van der Waals surface area contributed by atoms with Crippen molar-refractivity contribution in [2.24, 2.45) is 16.7 Å². The summed E-state index contributed by atoms with van der Waals surface area (Å²) in [5.74, 6) is 1.77. The summed E-state index contributed by atoms with van der Waals surface area (Å²) in [6.07, 6.45) is 4.99. The van der Waals surface area contributed by atoms with Gasteiger partial charge in [-0.1, -0.05) is 26.8 Å². The predicted molar refractivity (Wildman–Crippen MR) is 119 cm³/mol. The monoisotopic (exact) mass is 427 g/mol. The van der Waals surface area contributed by atoms with E-state index in [0.717, 1.165) is 50.1 Å². The number of methoxy groups -OCH3 is 2. The zero-order valence-electron chi connectivity index (χ0n) is 19.8. The number of piperidine rings is 1. The fourth-order valence-electron chi connectivity index (χ4n) is 8.68. The van der Waals surface area contributed by atoms with Crippen LogP contribution < -0.4 is 14.8 Å². The minimum absolute atomic E-state index is 0.00105. The molecule has 7 rings (SSSR count). The molecule has 2 spiro atoms. The van der Waals surface area contributed by atoms with E-state index < -0.39 is 11.2 Å². The summed E-state index contributed by atoms with van der Waals surface area (Å²) in [6.45, 7) is 9.48. The van der Waals surface area contributed by atoms with E-state index in [1.165, 1.54) is 11.1 Å². The van der Waals surface area contributed by atoms with Crippen LogP contribution in [0.25, 0.3) is 0 Å². The molecule has 1 unspecified atom stereocenters. The largest absolute Gasteiger partial charge is 0.493 e. The Morgan fingerprint density at radius 3 is 2.58 bits per heavy atom. The molecule has 2 N–H and O–H groups in total. The molecule has 1 saturated heterocycles. The molecule has 1 aromatic carbocycles. The molecular weight excluding hydrogens is 390 g/mol. The van der Waals surface area contributed by atoms with Crippen molar-refractivity contribution in [3.05, 3.63) is 23.3 Å². The van der Waals surface area contributed by atoms with Crippen LogP contribution in [0.15, 0.2) is 12.1 Å². The Kier molecular flexibility index (Phi) is 3.79. The third-order valence-electron chi connectivity index (χ3n) is 10.6. The van der Waals surface area contributed by atoms with Gasteiger partial charge in [0.15, 0.2) is 11.5 Å². The fourth-order valence-corrected chi connectivity index (χ4v) is 8.68. The Morgan fingerprint density at radius 1 is 1.13 bits per heavy atom. The number of fused-ring (bicyclic) bond motifs is 2. The molecule has 2 heterocycles. The molecule has 170 valence electrons. The number of nitrogens with one attached hydrogen (secondary N) is 1. The maximum absolute atomic E-state index is 12.0. The van der Waals surface area contributed by atoms with E-state index in [1.807, 2.05) is 14.0 Å². The lowest BCUT2D eigenvalue weighted by atomic mass is 9.33. The van der Waals surface area contributed by atoms with Crippen LogP contribution in [0.4, 0.5) is 0 Å². The Morgan fingerprint density at radius 2 is 1.90 bits per heavy atom. The standard InChI is InChI=1S/C26H37NO4/c1-22(2,3)23(4,28)17-14-24-9-10-26(17,30-6)21-25(24)11-12-27-18(24)13-15-7-8-16(29-5)20(31-21)19(15)25/h7-8,17-18,21,27-28H,9-14H2,1-6H3/t17-,18-,21-,23+,24?,25+,26-/m1/s1. The number of hydrogen-bond acceptors (Lipinski definition) is 5. The topological polar surface area (TPSA) is 60.0 Å². The Bertz CT molecular complexity index is 951. The van der Waals surface area contributed by atoms with Crippen molar-refractivity contribution in [3.63, 3.8) is 0 Å². The molecule has 31 heavy (non-hydrogen) atoms. The van der Waals surface area contributed by atoms with E-state index in [-0.39, 0.29) is 28.3 Å². The van der Waals surface area contributed by atoms with Crippen molar-refractivity contribution in [1.82, 2.24) is 5.32 Å². The van der Waals surface area contributed by atoms with Gasteiger partial charge in [0, 0.05) is 35.5 Å². The van der Waals surface area contributed by atoms with Crippen LogP contribution in [0.3, 0.4) is 0 Å². The van der Waals surface area contributed by atoms with Crippen LogP contribution in [0.2, 0.25) is 0 Å². The molecule has 0 amide bonds. The molecule has 5 nitrogen and oxygen atoms in total. The van der Waals surface area contributed by atoms with Crippen LogP contribution in [0.1, 0.15) is 64.5 Å². The molecule has 0 aromatic heterocycles. The van der Waals surface area contributed by atoms with Crippen molar-refractivity contribution in [1.29, 1.82) is 0 Å². The molecule has 2 aliphatic heterocycles. The number of ether oxygens (including phenoxy) is 3. The first-order valence-electron chi connectivity index (χ1n) is 12.0. The normalized spacial score (nSPS) is 43.8. The van der Waals surface area contributed by atoms with E-state index in [9.17, 15) is 5.11 Å². The first-order valence-corrected chi connectivity index (χ1v) is 12.0. The second-order valence-electron chi connectivity index (χ2n) is 12.0. The fraction of sp³-hybridized carbons (Fsp3) is 0.769. The zero-order valence-corrected chi connectivity index (χ0v) is 19.8. The second-order valence-corrected chi connectivity index (χ2v) is 12.0. The van der Waals surface area contributed by atoms with Gasteiger partial charge in [0.05, 0.1) is 12.7 Å². The van der Waals surface area contributed by atoms with Crippen molar-refractivity contribution >= 4 is 0 Å². The van der Waals surface area contributed by atoms with Crippen LogP contribution in [0.5, 0.6) is 11.5 Å². The maximum Gasteiger partial charge on any atom is 0.165 e. The van der Waals surface area contributed by atoms with Gasteiger partial charge in [-0.2, -0.15) is 0 Å². The molecule has 4 aliphatic carbocycles. The lowest BCUT2D eigenvalue weighted by Gasteiger charge is -2.74. The van der Waals surface area contributed by atoms with Crippen molar-refractivity contribution in [2.75, 3.05) is 20.8 Å². The van der Waals surface area contributed by atoms with Gasteiger partial charge in [-0.3, -0.25) is 0 Å². The van der Waals surface area contributed by atoms with Gasteiger partial charge in [0.1, 0.15) is 11.7 Å². The van der Waals surface area contributed by atoms with E-state index in [0.29, 0.717) is 6.04 Å². The predicted octanol–water partition coefficient (Wildman–Crippen LogP) is 3.59. The molecule has 5 heteroatoms. The van der Waals surface area contributed by atoms with E-state index >= 15 is 0 Å². The Balaban J connectivity index is 1.64. The number of hydrogen-bond donors (Lipinski definition) is 2. The maximum atomic E-state index is 12.0. The molecule has 4 fully saturated rings. The molecule has 3 saturated carbocycles. The second kappa shape index (κ2) is 5.78. The van der Waals surface area contributed by atoms with Gasteiger partial charge in [-0.05, 0) is 62.6 Å². The number of rotatable bonds is 3. The minimum Gasteiger partial charge on any atom is -0.493 e. The zero-order chi connectivity index (χ0) is 22.0. The number of aliphatic hydroxyl groups is 1. The van der Waals surface area contributed by atoms with E-state index in [2.05, 4.69) is 38.2 Å². The Hall–Kier alpha value is -1.30. The van der Waals surface area contributed by atoms with Crippen LogP contribution in [-0.2, 0) is 16.6 Å². The third-order valence-corrected chi connectivity index (χ3v) is 10.6. The average molecular weight is 428 g/mol. The SMILES string of the molecule is COc1ccc2c3c1O[C@H]1[C@@]4(OC)CCC5(C[C@@H]4[C@](C)(O)C(C)(C)C)[C@@H](C2)NCC[C@]315. The first-order chi connectivity index (χ1) is 14.6. The molecule has 6 aliphatic rings. The summed E-state index contributed by atoms with van der Waals surface area (Å²) in [5.41, 5.74) is 1.13.